The van der Waals surface area contributed by atoms with Gasteiger partial charge >= 0.3 is 12.1 Å². The Bertz CT molecular complexity index is 1270. The molecule has 3 aromatic rings. The molecule has 0 bridgehead atoms. The van der Waals surface area contributed by atoms with Crippen LogP contribution >= 0.6 is 0 Å². The van der Waals surface area contributed by atoms with Crippen molar-refractivity contribution in [2.75, 3.05) is 19.0 Å². The van der Waals surface area contributed by atoms with Crippen molar-refractivity contribution in [3.8, 4) is 11.1 Å². The summed E-state index contributed by atoms with van der Waals surface area (Å²) < 4.78 is 5.61. The van der Waals surface area contributed by atoms with Crippen molar-refractivity contribution in [3.05, 3.63) is 89.0 Å². The van der Waals surface area contributed by atoms with Gasteiger partial charge in [-0.1, -0.05) is 60.2 Å². The third-order valence-corrected chi connectivity index (χ3v) is 6.65. The Balaban J connectivity index is 1.52. The molecule has 4 rings (SSSR count). The van der Waals surface area contributed by atoms with Crippen molar-refractivity contribution in [2.24, 2.45) is 0 Å². The molecule has 0 saturated carbocycles. The lowest BCUT2D eigenvalue weighted by molar-refractivity contribution is -0.147. The lowest BCUT2D eigenvalue weighted by Gasteiger charge is -2.32. The molecule has 0 aliphatic heterocycles. The number of carbonyl (C=O) groups is 3. The van der Waals surface area contributed by atoms with Crippen LogP contribution in [-0.2, 0) is 9.53 Å². The zero-order valence-electron chi connectivity index (χ0n) is 20.2. The molecule has 0 unspecified atom stereocenters. The van der Waals surface area contributed by atoms with E-state index >= 15 is 0 Å². The Kier molecular flexibility index (Phi) is 6.35. The Hall–Kier alpha value is -4.13. The number of carboxylic acids is 1. The number of hydrogen-bond donors (Lipinski definition) is 2. The van der Waals surface area contributed by atoms with Crippen LogP contribution in [0.25, 0.3) is 11.1 Å². The third kappa shape index (κ3) is 4.49. The molecule has 0 aromatic heterocycles. The van der Waals surface area contributed by atoms with Gasteiger partial charge in [-0.05, 0) is 55.2 Å². The number of benzene rings is 3. The first-order chi connectivity index (χ1) is 16.6. The van der Waals surface area contributed by atoms with Crippen molar-refractivity contribution >= 4 is 23.7 Å². The molecule has 1 aliphatic rings. The summed E-state index contributed by atoms with van der Waals surface area (Å²) in [6.07, 6.45) is -0.690. The molecular weight excluding hydrogens is 444 g/mol. The molecule has 0 radical (unpaired) electrons. The number of aryl methyl sites for hydroxylation is 1. The van der Waals surface area contributed by atoms with Gasteiger partial charge in [0.05, 0.1) is 11.3 Å². The predicted octanol–water partition coefficient (Wildman–Crippen LogP) is 5.29. The van der Waals surface area contributed by atoms with Gasteiger partial charge in [0.15, 0.2) is 0 Å². The third-order valence-electron chi connectivity index (χ3n) is 6.65. The summed E-state index contributed by atoms with van der Waals surface area (Å²) in [5.74, 6) is -1.74. The summed E-state index contributed by atoms with van der Waals surface area (Å²) in [4.78, 5) is 38.7. The van der Waals surface area contributed by atoms with Gasteiger partial charge in [0.1, 0.15) is 12.1 Å². The SMILES string of the molecule is Cc1ccc(NC(=O)OCC2c3ccccc3-c3ccccc32)c(C(=O)N(C)C(C)(C)C(=O)O)c1. The van der Waals surface area contributed by atoms with Crippen LogP contribution in [0.5, 0.6) is 0 Å². The zero-order chi connectivity index (χ0) is 25.3. The van der Waals surface area contributed by atoms with Crippen LogP contribution in [0.2, 0.25) is 0 Å². The summed E-state index contributed by atoms with van der Waals surface area (Å²) in [6.45, 7) is 4.85. The number of rotatable bonds is 6. The molecule has 180 valence electrons. The van der Waals surface area contributed by atoms with E-state index in [-0.39, 0.29) is 23.8 Å². The number of aliphatic carboxylic acids is 1. The molecule has 0 atom stereocenters. The van der Waals surface area contributed by atoms with E-state index < -0.39 is 23.5 Å². The van der Waals surface area contributed by atoms with Crippen LogP contribution < -0.4 is 5.32 Å². The summed E-state index contributed by atoms with van der Waals surface area (Å²) in [5, 5.41) is 12.2. The van der Waals surface area contributed by atoms with Gasteiger partial charge in [-0.3, -0.25) is 10.1 Å². The first-order valence-corrected chi connectivity index (χ1v) is 11.4. The number of nitrogens with zero attached hydrogens (tertiary/aromatic N) is 1. The molecule has 0 heterocycles. The fourth-order valence-corrected chi connectivity index (χ4v) is 4.27. The van der Waals surface area contributed by atoms with Crippen molar-refractivity contribution in [2.45, 2.75) is 32.2 Å². The number of hydrogen-bond acceptors (Lipinski definition) is 4. The van der Waals surface area contributed by atoms with E-state index in [4.69, 9.17) is 4.74 Å². The highest BCUT2D eigenvalue weighted by molar-refractivity contribution is 6.04. The zero-order valence-corrected chi connectivity index (χ0v) is 20.2. The van der Waals surface area contributed by atoms with E-state index in [0.717, 1.165) is 32.7 Å². The fourth-order valence-electron chi connectivity index (χ4n) is 4.27. The normalized spacial score (nSPS) is 12.5. The molecule has 3 aromatic carbocycles. The fraction of sp³-hybridized carbons (Fsp3) is 0.250. The molecule has 0 spiro atoms. The van der Waals surface area contributed by atoms with E-state index in [1.54, 1.807) is 18.2 Å². The molecule has 7 heteroatoms. The van der Waals surface area contributed by atoms with E-state index in [0.29, 0.717) is 0 Å². The van der Waals surface area contributed by atoms with Crippen LogP contribution in [0.3, 0.4) is 0 Å². The van der Waals surface area contributed by atoms with E-state index in [9.17, 15) is 19.5 Å². The lowest BCUT2D eigenvalue weighted by atomic mass is 9.98. The number of nitrogens with one attached hydrogen (secondary N) is 1. The molecule has 7 nitrogen and oxygen atoms in total. The second-order valence-electron chi connectivity index (χ2n) is 9.23. The van der Waals surface area contributed by atoms with E-state index in [1.807, 2.05) is 43.3 Å². The first kappa shape index (κ1) is 24.0. The molecule has 1 aliphatic carbocycles. The molecule has 35 heavy (non-hydrogen) atoms. The summed E-state index contributed by atoms with van der Waals surface area (Å²) in [5.41, 5.74) is 4.28. The van der Waals surface area contributed by atoms with E-state index in [1.165, 1.54) is 20.9 Å². The van der Waals surface area contributed by atoms with Gasteiger partial charge in [-0.15, -0.1) is 0 Å². The van der Waals surface area contributed by atoms with E-state index in [2.05, 4.69) is 17.4 Å². The minimum Gasteiger partial charge on any atom is -0.480 e. The minimum absolute atomic E-state index is 0.0882. The molecule has 2 amide bonds. The minimum atomic E-state index is -1.43. The monoisotopic (exact) mass is 472 g/mol. The highest BCUT2D eigenvalue weighted by Gasteiger charge is 2.36. The molecule has 2 N–H and O–H groups in total. The van der Waals surface area contributed by atoms with Crippen molar-refractivity contribution in [3.63, 3.8) is 0 Å². The lowest BCUT2D eigenvalue weighted by Crippen LogP contribution is -2.50. The number of anilines is 1. The smallest absolute Gasteiger partial charge is 0.411 e. The highest BCUT2D eigenvalue weighted by atomic mass is 16.5. The van der Waals surface area contributed by atoms with Crippen LogP contribution in [0, 0.1) is 6.92 Å². The van der Waals surface area contributed by atoms with Crippen molar-refractivity contribution in [1.82, 2.24) is 4.90 Å². The number of carboxylic acid groups (broad SMARTS) is 1. The van der Waals surface area contributed by atoms with Gasteiger partial charge < -0.3 is 14.7 Å². The topological polar surface area (TPSA) is 95.9 Å². The molecular formula is C28H28N2O5. The second kappa shape index (κ2) is 9.25. The van der Waals surface area contributed by atoms with Gasteiger partial charge in [-0.25, -0.2) is 9.59 Å². The summed E-state index contributed by atoms with van der Waals surface area (Å²) in [7, 11) is 1.43. The second-order valence-corrected chi connectivity index (χ2v) is 9.23. The van der Waals surface area contributed by atoms with Crippen molar-refractivity contribution < 1.29 is 24.2 Å². The predicted molar refractivity (Wildman–Crippen MR) is 134 cm³/mol. The van der Waals surface area contributed by atoms with Crippen LogP contribution in [0.1, 0.15) is 46.8 Å². The average molecular weight is 473 g/mol. The number of fused-ring (bicyclic) bond motifs is 3. The highest BCUT2D eigenvalue weighted by Crippen LogP contribution is 2.44. The Labute approximate surface area is 204 Å². The number of ether oxygens (including phenoxy) is 1. The molecule has 0 fully saturated rings. The largest absolute Gasteiger partial charge is 0.480 e. The maximum atomic E-state index is 13.2. The van der Waals surface area contributed by atoms with Gasteiger partial charge in [0.2, 0.25) is 0 Å². The Morgan fingerprint density at radius 1 is 0.971 bits per heavy atom. The van der Waals surface area contributed by atoms with Gasteiger partial charge in [-0.2, -0.15) is 0 Å². The average Bonchev–Trinajstić information content (AvgIpc) is 3.16. The number of carbonyl (C=O) groups excluding carboxylic acids is 2. The van der Waals surface area contributed by atoms with Gasteiger partial charge in [0.25, 0.3) is 5.91 Å². The van der Waals surface area contributed by atoms with Crippen LogP contribution in [0.4, 0.5) is 10.5 Å². The van der Waals surface area contributed by atoms with Crippen LogP contribution in [0.15, 0.2) is 66.7 Å². The maximum absolute atomic E-state index is 13.2. The van der Waals surface area contributed by atoms with Crippen LogP contribution in [-0.4, -0.2) is 47.2 Å². The van der Waals surface area contributed by atoms with Gasteiger partial charge in [0, 0.05) is 13.0 Å². The Morgan fingerprint density at radius 2 is 1.54 bits per heavy atom. The quantitative estimate of drug-likeness (QED) is 0.508. The standard InChI is InChI=1S/C28H28N2O5/c1-17-13-14-24(22(15-17)25(31)30(4)28(2,3)26(32)33)29-27(34)35-16-23-20-11-7-5-9-18(20)19-10-6-8-12-21(19)23/h5-15,23H,16H2,1-4H3,(H,29,34)(H,32,33). The summed E-state index contributed by atoms with van der Waals surface area (Å²) in [6, 6.07) is 21.1. The Morgan fingerprint density at radius 3 is 2.11 bits per heavy atom. The summed E-state index contributed by atoms with van der Waals surface area (Å²) >= 11 is 0. The van der Waals surface area contributed by atoms with Crippen molar-refractivity contribution in [1.29, 1.82) is 0 Å². The maximum Gasteiger partial charge on any atom is 0.411 e. The number of amides is 2. The molecule has 0 saturated heterocycles. The number of likely N-dealkylation sites (N-methyl/N-ethyl adjacent to an activating group) is 1. The first-order valence-electron chi connectivity index (χ1n) is 11.4.